The van der Waals surface area contributed by atoms with Crippen LogP contribution in [-0.2, 0) is 6.61 Å². The van der Waals surface area contributed by atoms with Crippen molar-refractivity contribution in [3.63, 3.8) is 0 Å². The van der Waals surface area contributed by atoms with Crippen molar-refractivity contribution in [2.45, 2.75) is 38.9 Å². The van der Waals surface area contributed by atoms with Crippen LogP contribution in [0.2, 0.25) is 0 Å². The second kappa shape index (κ2) is 12.3. The quantitative estimate of drug-likeness (QED) is 0.194. The highest BCUT2D eigenvalue weighted by molar-refractivity contribution is 5.79. The van der Waals surface area contributed by atoms with Gasteiger partial charge in [-0.2, -0.15) is 4.39 Å². The normalized spacial score (nSPS) is 20.1. The molecule has 2 aromatic carbocycles. The minimum absolute atomic E-state index is 0.0190. The highest BCUT2D eigenvalue weighted by Gasteiger charge is 2.29. The first-order valence-electron chi connectivity index (χ1n) is 12.6. The molecule has 0 aliphatic heterocycles. The maximum Gasteiger partial charge on any atom is 0.201 e. The van der Waals surface area contributed by atoms with Gasteiger partial charge in [0, 0.05) is 23.0 Å². The molecule has 0 fully saturated rings. The Morgan fingerprint density at radius 3 is 2.42 bits per heavy atom. The molecule has 1 N–H and O–H groups in total. The van der Waals surface area contributed by atoms with Crippen LogP contribution in [0.25, 0.3) is 5.57 Å². The molecule has 4 rings (SSSR count). The molecule has 7 heteroatoms. The molecule has 0 saturated heterocycles. The number of rotatable bonds is 10. The van der Waals surface area contributed by atoms with Crippen LogP contribution in [-0.4, -0.2) is 17.8 Å². The summed E-state index contributed by atoms with van der Waals surface area (Å²) in [5.74, 6) is -4.39. The lowest BCUT2D eigenvalue weighted by molar-refractivity contribution is 0.149. The molecule has 0 radical (unpaired) electrons. The summed E-state index contributed by atoms with van der Waals surface area (Å²) in [6, 6.07) is 9.06. The molecule has 3 unspecified atom stereocenters. The zero-order valence-electron chi connectivity index (χ0n) is 21.1. The summed E-state index contributed by atoms with van der Waals surface area (Å²) >= 11 is 0. The number of benzene rings is 2. The minimum atomic E-state index is -1.08. The van der Waals surface area contributed by atoms with Crippen molar-refractivity contribution in [3.05, 3.63) is 113 Å². The van der Waals surface area contributed by atoms with Crippen molar-refractivity contribution in [3.8, 4) is 11.5 Å². The topological polar surface area (TPSA) is 38.7 Å². The maximum absolute atomic E-state index is 15.0. The summed E-state index contributed by atoms with van der Waals surface area (Å²) in [5.41, 5.74) is 1.36. The monoisotopic (exact) mass is 526 g/mol. The highest BCUT2D eigenvalue weighted by Crippen LogP contribution is 2.42. The molecule has 0 spiro atoms. The predicted octanol–water partition coefficient (Wildman–Crippen LogP) is 7.94. The third-order valence-electron chi connectivity index (χ3n) is 6.76. The van der Waals surface area contributed by atoms with Crippen LogP contribution in [0.3, 0.4) is 0 Å². The second-order valence-electron chi connectivity index (χ2n) is 9.36. The zero-order valence-corrected chi connectivity index (χ0v) is 21.1. The Morgan fingerprint density at radius 2 is 1.76 bits per heavy atom. The average molecular weight is 527 g/mol. The van der Waals surface area contributed by atoms with E-state index in [0.717, 1.165) is 0 Å². The molecule has 0 heterocycles. The third-order valence-corrected chi connectivity index (χ3v) is 6.76. The van der Waals surface area contributed by atoms with Crippen molar-refractivity contribution in [1.82, 2.24) is 0 Å². The van der Waals surface area contributed by atoms with Gasteiger partial charge in [-0.05, 0) is 61.6 Å². The van der Waals surface area contributed by atoms with E-state index in [9.17, 15) is 13.9 Å². The van der Waals surface area contributed by atoms with E-state index in [1.165, 1.54) is 12.1 Å². The molecule has 2 aliphatic rings. The van der Waals surface area contributed by atoms with Crippen molar-refractivity contribution >= 4 is 5.57 Å². The number of halogens is 4. The Labute approximate surface area is 220 Å². The average Bonchev–Trinajstić information content (AvgIpc) is 2.92. The van der Waals surface area contributed by atoms with Crippen LogP contribution in [0.5, 0.6) is 11.5 Å². The molecular formula is C31H30F4O3. The highest BCUT2D eigenvalue weighted by atomic mass is 19.2. The summed E-state index contributed by atoms with van der Waals surface area (Å²) in [4.78, 5) is 0. The SMILES string of the molecule is C=CCCOc1ccc(COc2ccc(C3=CCC(C4=CCC(C(C)O)C=C4)C(F)=C3F)cc2)c(F)c1F. The van der Waals surface area contributed by atoms with Crippen LogP contribution >= 0.6 is 0 Å². The van der Waals surface area contributed by atoms with Gasteiger partial charge in [0.25, 0.3) is 0 Å². The van der Waals surface area contributed by atoms with Gasteiger partial charge in [0.1, 0.15) is 18.2 Å². The van der Waals surface area contributed by atoms with Crippen molar-refractivity contribution in [1.29, 1.82) is 0 Å². The van der Waals surface area contributed by atoms with Crippen LogP contribution in [0.15, 0.2) is 90.6 Å². The Morgan fingerprint density at radius 1 is 1.00 bits per heavy atom. The minimum Gasteiger partial charge on any atom is -0.490 e. The van der Waals surface area contributed by atoms with E-state index in [1.807, 2.05) is 12.2 Å². The molecule has 0 bridgehead atoms. The summed E-state index contributed by atoms with van der Waals surface area (Å²) in [6.45, 7) is 5.23. The Bertz CT molecular complexity index is 1290. The molecule has 3 atom stereocenters. The second-order valence-corrected chi connectivity index (χ2v) is 9.36. The maximum atomic E-state index is 15.0. The van der Waals surface area contributed by atoms with Gasteiger partial charge >= 0.3 is 0 Å². The smallest absolute Gasteiger partial charge is 0.201 e. The van der Waals surface area contributed by atoms with Crippen molar-refractivity contribution < 1.29 is 32.1 Å². The fraction of sp³-hybridized carbons (Fsp3) is 0.290. The van der Waals surface area contributed by atoms with Gasteiger partial charge in [-0.25, -0.2) is 13.2 Å². The first-order valence-corrected chi connectivity index (χ1v) is 12.6. The number of ether oxygens (including phenoxy) is 2. The third kappa shape index (κ3) is 6.10. The lowest BCUT2D eigenvalue weighted by Gasteiger charge is -2.25. The molecule has 0 amide bonds. The van der Waals surface area contributed by atoms with E-state index < -0.39 is 35.3 Å². The number of allylic oxidation sites excluding steroid dienone is 7. The van der Waals surface area contributed by atoms with Crippen molar-refractivity contribution in [2.24, 2.45) is 11.8 Å². The number of hydrogen-bond donors (Lipinski definition) is 1. The van der Waals surface area contributed by atoms with E-state index >= 15 is 8.78 Å². The van der Waals surface area contributed by atoms with Crippen molar-refractivity contribution in [2.75, 3.05) is 6.61 Å². The number of hydrogen-bond acceptors (Lipinski definition) is 3. The van der Waals surface area contributed by atoms with Gasteiger partial charge in [0.05, 0.1) is 12.7 Å². The fourth-order valence-corrected chi connectivity index (χ4v) is 4.45. The summed E-state index contributed by atoms with van der Waals surface area (Å²) in [5, 5.41) is 9.72. The Kier molecular flexibility index (Phi) is 8.89. The van der Waals surface area contributed by atoms with Gasteiger partial charge in [-0.1, -0.05) is 42.5 Å². The summed E-state index contributed by atoms with van der Waals surface area (Å²) < 4.78 is 69.5. The lowest BCUT2D eigenvalue weighted by Crippen LogP contribution is -2.18. The van der Waals surface area contributed by atoms with E-state index in [-0.39, 0.29) is 36.0 Å². The predicted molar refractivity (Wildman–Crippen MR) is 140 cm³/mol. The van der Waals surface area contributed by atoms with Crippen LogP contribution in [0.4, 0.5) is 17.6 Å². The molecule has 200 valence electrons. The van der Waals surface area contributed by atoms with E-state index in [2.05, 4.69) is 6.58 Å². The fourth-order valence-electron chi connectivity index (χ4n) is 4.45. The molecule has 0 aromatic heterocycles. The zero-order chi connectivity index (χ0) is 27.2. The lowest BCUT2D eigenvalue weighted by atomic mass is 9.82. The number of aliphatic hydroxyl groups excluding tert-OH is 1. The van der Waals surface area contributed by atoms with E-state index in [0.29, 0.717) is 36.1 Å². The molecule has 0 saturated carbocycles. The van der Waals surface area contributed by atoms with E-state index in [4.69, 9.17) is 9.47 Å². The first kappa shape index (κ1) is 27.5. The molecule has 3 nitrogen and oxygen atoms in total. The van der Waals surface area contributed by atoms with E-state index in [1.54, 1.807) is 49.4 Å². The van der Waals surface area contributed by atoms with Gasteiger partial charge in [-0.3, -0.25) is 0 Å². The summed E-state index contributed by atoms with van der Waals surface area (Å²) in [6.07, 6.45) is 9.65. The van der Waals surface area contributed by atoms with Crippen LogP contribution < -0.4 is 9.47 Å². The Hall–Kier alpha value is -3.58. The largest absolute Gasteiger partial charge is 0.490 e. The Balaban J connectivity index is 1.39. The molecule has 2 aromatic rings. The first-order chi connectivity index (χ1) is 18.3. The van der Waals surface area contributed by atoms with Gasteiger partial charge in [0.2, 0.25) is 5.82 Å². The summed E-state index contributed by atoms with van der Waals surface area (Å²) in [7, 11) is 0. The number of aliphatic hydroxyl groups is 1. The van der Waals surface area contributed by atoms with Crippen LogP contribution in [0, 0.1) is 23.5 Å². The molecule has 38 heavy (non-hydrogen) atoms. The van der Waals surface area contributed by atoms with Gasteiger partial charge < -0.3 is 14.6 Å². The van der Waals surface area contributed by atoms with Crippen LogP contribution in [0.1, 0.15) is 37.3 Å². The standard InChI is InChI=1S/C31H30F4O3/c1-3-4-17-37-27-16-11-23(28(32)31(27)35)18-38-24-12-9-22(10-13-24)26-15-14-25(29(33)30(26)34)21-7-5-20(6-8-21)19(2)36/h3,5,7-13,15-16,19-20,25,36H,1,4,6,14,17-18H2,2H3. The van der Waals surface area contributed by atoms with Gasteiger partial charge in [0.15, 0.2) is 17.4 Å². The molecular weight excluding hydrogens is 496 g/mol. The molecule has 2 aliphatic carbocycles. The van der Waals surface area contributed by atoms with Gasteiger partial charge in [-0.15, -0.1) is 6.58 Å².